The van der Waals surface area contributed by atoms with E-state index in [9.17, 15) is 4.79 Å². The number of hydrogen-bond acceptors (Lipinski definition) is 3. The van der Waals surface area contributed by atoms with Crippen molar-refractivity contribution in [1.29, 1.82) is 0 Å². The summed E-state index contributed by atoms with van der Waals surface area (Å²) in [6.07, 6.45) is 1.03. The van der Waals surface area contributed by atoms with E-state index in [0.717, 1.165) is 28.9 Å². The normalized spacial score (nSPS) is 19.4. The Morgan fingerprint density at radius 1 is 1.56 bits per heavy atom. The predicted octanol–water partition coefficient (Wildman–Crippen LogP) is 2.32. The summed E-state index contributed by atoms with van der Waals surface area (Å²) in [6.45, 7) is 3.92. The molecule has 0 aliphatic carbocycles. The van der Waals surface area contributed by atoms with Crippen LogP contribution in [0.2, 0.25) is 0 Å². The summed E-state index contributed by atoms with van der Waals surface area (Å²) in [7, 11) is 0. The number of aryl methyl sites for hydroxylation is 1. The van der Waals surface area contributed by atoms with Crippen molar-refractivity contribution >= 4 is 17.5 Å². The number of cyclic esters (lactones) is 1. The van der Waals surface area contributed by atoms with Gasteiger partial charge in [-0.05, 0) is 36.6 Å². The van der Waals surface area contributed by atoms with Gasteiger partial charge < -0.3 is 10.5 Å². The molecule has 86 valence electrons. The summed E-state index contributed by atoms with van der Waals surface area (Å²) < 4.78 is 5.14. The standard InChI is InChI=1S/C12H16N2O2/c1-3-8-5-10(13)6-9-4-7(2)16-12(15)14-11(8)9/h5-7H,3-4,13H2,1-2H3,(H,14,15). The molecule has 1 aromatic carbocycles. The van der Waals surface area contributed by atoms with Gasteiger partial charge in [-0.1, -0.05) is 6.92 Å². The van der Waals surface area contributed by atoms with E-state index >= 15 is 0 Å². The van der Waals surface area contributed by atoms with Crippen molar-refractivity contribution in [2.75, 3.05) is 11.1 Å². The molecule has 1 atom stereocenters. The van der Waals surface area contributed by atoms with Crippen molar-refractivity contribution in [3.8, 4) is 0 Å². The topological polar surface area (TPSA) is 64.3 Å². The predicted molar refractivity (Wildman–Crippen MR) is 63.5 cm³/mol. The molecular weight excluding hydrogens is 204 g/mol. The van der Waals surface area contributed by atoms with Crippen LogP contribution in [0.1, 0.15) is 25.0 Å². The average molecular weight is 220 g/mol. The zero-order valence-electron chi connectivity index (χ0n) is 9.54. The molecule has 1 aromatic rings. The van der Waals surface area contributed by atoms with Gasteiger partial charge in [0.15, 0.2) is 0 Å². The summed E-state index contributed by atoms with van der Waals surface area (Å²) in [5.74, 6) is 0. The Kier molecular flexibility index (Phi) is 2.73. The Hall–Kier alpha value is -1.71. The first-order valence-corrected chi connectivity index (χ1v) is 5.49. The van der Waals surface area contributed by atoms with Gasteiger partial charge in [-0.15, -0.1) is 0 Å². The summed E-state index contributed by atoms with van der Waals surface area (Å²) in [6, 6.07) is 3.80. The fraction of sp³-hybridized carbons (Fsp3) is 0.417. The number of benzene rings is 1. The van der Waals surface area contributed by atoms with E-state index in [0.29, 0.717) is 6.42 Å². The number of fused-ring (bicyclic) bond motifs is 1. The number of nitrogen functional groups attached to an aromatic ring is 1. The zero-order chi connectivity index (χ0) is 11.7. The molecule has 1 heterocycles. The van der Waals surface area contributed by atoms with Gasteiger partial charge in [0, 0.05) is 12.1 Å². The maximum Gasteiger partial charge on any atom is 0.411 e. The van der Waals surface area contributed by atoms with E-state index in [-0.39, 0.29) is 12.2 Å². The number of rotatable bonds is 1. The molecule has 1 aliphatic heterocycles. The van der Waals surface area contributed by atoms with Crippen molar-refractivity contribution < 1.29 is 9.53 Å². The molecular formula is C12H16N2O2. The number of carbonyl (C=O) groups is 1. The molecule has 0 fully saturated rings. The van der Waals surface area contributed by atoms with E-state index in [1.54, 1.807) is 0 Å². The molecule has 4 heteroatoms. The van der Waals surface area contributed by atoms with Gasteiger partial charge in [0.25, 0.3) is 0 Å². The number of nitrogens with one attached hydrogen (secondary N) is 1. The highest BCUT2D eigenvalue weighted by Gasteiger charge is 2.21. The lowest BCUT2D eigenvalue weighted by Crippen LogP contribution is -2.17. The molecule has 0 saturated heterocycles. The Labute approximate surface area is 94.8 Å². The van der Waals surface area contributed by atoms with Crippen LogP contribution in [-0.2, 0) is 17.6 Å². The number of nitrogens with two attached hydrogens (primary N) is 1. The van der Waals surface area contributed by atoms with Gasteiger partial charge in [-0.25, -0.2) is 4.79 Å². The molecule has 1 amide bonds. The second kappa shape index (κ2) is 4.04. The lowest BCUT2D eigenvalue weighted by molar-refractivity contribution is 0.123. The molecule has 0 spiro atoms. The van der Waals surface area contributed by atoms with Crippen LogP contribution in [0.4, 0.5) is 16.2 Å². The molecule has 3 N–H and O–H groups in total. The lowest BCUT2D eigenvalue weighted by Gasteiger charge is -2.12. The summed E-state index contributed by atoms with van der Waals surface area (Å²) in [4.78, 5) is 11.4. The highest BCUT2D eigenvalue weighted by Crippen LogP contribution is 2.29. The highest BCUT2D eigenvalue weighted by molar-refractivity contribution is 5.88. The van der Waals surface area contributed by atoms with Crippen molar-refractivity contribution in [3.63, 3.8) is 0 Å². The lowest BCUT2D eigenvalue weighted by atomic mass is 10.00. The quantitative estimate of drug-likeness (QED) is 0.714. The number of ether oxygens (including phenoxy) is 1. The van der Waals surface area contributed by atoms with Crippen LogP contribution in [0, 0.1) is 0 Å². The second-order valence-corrected chi connectivity index (χ2v) is 4.11. The van der Waals surface area contributed by atoms with Crippen LogP contribution in [-0.4, -0.2) is 12.2 Å². The summed E-state index contributed by atoms with van der Waals surface area (Å²) in [5.41, 5.74) is 9.55. The van der Waals surface area contributed by atoms with Crippen LogP contribution in [0.25, 0.3) is 0 Å². The van der Waals surface area contributed by atoms with Crippen molar-refractivity contribution in [3.05, 3.63) is 23.3 Å². The Morgan fingerprint density at radius 3 is 3.00 bits per heavy atom. The SMILES string of the molecule is CCc1cc(N)cc2c1NC(=O)OC(C)C2. The minimum absolute atomic E-state index is 0.118. The largest absolute Gasteiger partial charge is 0.446 e. The van der Waals surface area contributed by atoms with E-state index in [4.69, 9.17) is 10.5 Å². The first-order chi connectivity index (χ1) is 7.60. The maximum absolute atomic E-state index is 11.4. The Bertz CT molecular complexity index is 429. The molecule has 0 bridgehead atoms. The van der Waals surface area contributed by atoms with E-state index < -0.39 is 0 Å². The third-order valence-electron chi connectivity index (χ3n) is 2.75. The molecule has 2 rings (SSSR count). The van der Waals surface area contributed by atoms with E-state index in [2.05, 4.69) is 5.32 Å². The third kappa shape index (κ3) is 1.96. The summed E-state index contributed by atoms with van der Waals surface area (Å²) in [5, 5.41) is 2.78. The van der Waals surface area contributed by atoms with Crippen LogP contribution in [0.5, 0.6) is 0 Å². The molecule has 16 heavy (non-hydrogen) atoms. The van der Waals surface area contributed by atoms with Gasteiger partial charge in [0.2, 0.25) is 0 Å². The second-order valence-electron chi connectivity index (χ2n) is 4.11. The highest BCUT2D eigenvalue weighted by atomic mass is 16.6. The minimum Gasteiger partial charge on any atom is -0.446 e. The zero-order valence-corrected chi connectivity index (χ0v) is 9.54. The van der Waals surface area contributed by atoms with E-state index in [1.165, 1.54) is 0 Å². The first-order valence-electron chi connectivity index (χ1n) is 5.49. The molecule has 0 aromatic heterocycles. The van der Waals surface area contributed by atoms with E-state index in [1.807, 2.05) is 26.0 Å². The Balaban J connectivity index is 2.51. The van der Waals surface area contributed by atoms with Gasteiger partial charge in [-0.2, -0.15) is 0 Å². The number of anilines is 2. The molecule has 4 nitrogen and oxygen atoms in total. The molecule has 0 saturated carbocycles. The van der Waals surface area contributed by atoms with Crippen molar-refractivity contribution in [1.82, 2.24) is 0 Å². The maximum atomic E-state index is 11.4. The van der Waals surface area contributed by atoms with Gasteiger partial charge >= 0.3 is 6.09 Å². The third-order valence-corrected chi connectivity index (χ3v) is 2.75. The monoisotopic (exact) mass is 220 g/mol. The van der Waals surface area contributed by atoms with Crippen LogP contribution in [0.3, 0.4) is 0 Å². The van der Waals surface area contributed by atoms with Crippen molar-refractivity contribution in [2.45, 2.75) is 32.8 Å². The smallest absolute Gasteiger partial charge is 0.411 e. The number of amides is 1. The Morgan fingerprint density at radius 2 is 2.31 bits per heavy atom. The molecule has 1 unspecified atom stereocenters. The minimum atomic E-state index is -0.384. The molecule has 1 aliphatic rings. The average Bonchev–Trinajstić information content (AvgIpc) is 2.33. The molecule has 0 radical (unpaired) electrons. The first kappa shape index (κ1) is 10.8. The van der Waals surface area contributed by atoms with Crippen LogP contribution >= 0.6 is 0 Å². The van der Waals surface area contributed by atoms with Crippen LogP contribution in [0.15, 0.2) is 12.1 Å². The van der Waals surface area contributed by atoms with Gasteiger partial charge in [-0.3, -0.25) is 5.32 Å². The fourth-order valence-electron chi connectivity index (χ4n) is 2.06. The number of carbonyl (C=O) groups excluding carboxylic acids is 1. The fourth-order valence-corrected chi connectivity index (χ4v) is 2.06. The van der Waals surface area contributed by atoms with Crippen LogP contribution < -0.4 is 11.1 Å². The van der Waals surface area contributed by atoms with Gasteiger partial charge in [0.05, 0.1) is 5.69 Å². The number of hydrogen-bond donors (Lipinski definition) is 2. The van der Waals surface area contributed by atoms with Gasteiger partial charge in [0.1, 0.15) is 6.10 Å². The summed E-state index contributed by atoms with van der Waals surface area (Å²) >= 11 is 0. The van der Waals surface area contributed by atoms with Crippen molar-refractivity contribution in [2.24, 2.45) is 0 Å².